The Morgan fingerprint density at radius 1 is 1.53 bits per heavy atom. The first-order chi connectivity index (χ1) is 6.98. The molecule has 0 radical (unpaired) electrons. The van der Waals surface area contributed by atoms with Crippen LogP contribution in [-0.2, 0) is 11.0 Å². The lowest BCUT2D eigenvalue weighted by molar-refractivity contribution is -0.140. The predicted octanol–water partition coefficient (Wildman–Crippen LogP) is 1.78. The van der Waals surface area contributed by atoms with E-state index in [1.54, 1.807) is 0 Å². The fraction of sp³-hybridized carbons (Fsp3) is 0.500. The molecule has 2 rings (SSSR count). The zero-order valence-electron chi connectivity index (χ0n) is 7.56. The molecular weight excluding hydrogens is 211 g/mol. The summed E-state index contributed by atoms with van der Waals surface area (Å²) in [7, 11) is 0. The van der Waals surface area contributed by atoms with E-state index in [1.165, 1.54) is 0 Å². The summed E-state index contributed by atoms with van der Waals surface area (Å²) in [6.45, 7) is 0. The molecule has 1 aliphatic carbocycles. The quantitative estimate of drug-likeness (QED) is 0.796. The average molecular weight is 219 g/mol. The molecule has 1 heterocycles. The van der Waals surface area contributed by atoms with Crippen LogP contribution < -0.4 is 5.32 Å². The van der Waals surface area contributed by atoms with Crippen molar-refractivity contribution in [1.82, 2.24) is 10.2 Å². The fourth-order valence-electron chi connectivity index (χ4n) is 1.18. The van der Waals surface area contributed by atoms with Crippen molar-refractivity contribution in [2.45, 2.75) is 19.0 Å². The van der Waals surface area contributed by atoms with E-state index in [2.05, 4.69) is 10.4 Å². The number of halogens is 3. The lowest BCUT2D eigenvalue weighted by Crippen LogP contribution is -2.17. The summed E-state index contributed by atoms with van der Waals surface area (Å²) in [5.74, 6) is -0.511. The second-order valence-electron chi connectivity index (χ2n) is 3.42. The minimum Gasteiger partial charge on any atom is -0.323 e. The molecule has 15 heavy (non-hydrogen) atoms. The highest BCUT2D eigenvalue weighted by molar-refractivity contribution is 5.94. The Labute approximate surface area is 82.9 Å². The normalized spacial score (nSPS) is 16.5. The second kappa shape index (κ2) is 3.25. The van der Waals surface area contributed by atoms with Crippen LogP contribution in [0.15, 0.2) is 6.20 Å². The van der Waals surface area contributed by atoms with Crippen molar-refractivity contribution >= 4 is 11.6 Å². The number of rotatable bonds is 2. The van der Waals surface area contributed by atoms with Crippen molar-refractivity contribution in [3.05, 3.63) is 11.9 Å². The molecule has 82 valence electrons. The van der Waals surface area contributed by atoms with Crippen LogP contribution >= 0.6 is 0 Å². The van der Waals surface area contributed by atoms with E-state index in [4.69, 9.17) is 0 Å². The summed E-state index contributed by atoms with van der Waals surface area (Å²) < 4.78 is 37.0. The summed E-state index contributed by atoms with van der Waals surface area (Å²) in [5, 5.41) is 7.29. The van der Waals surface area contributed by atoms with Gasteiger partial charge in [0.1, 0.15) is 0 Å². The molecule has 0 saturated heterocycles. The number of carbonyl (C=O) groups excluding carboxylic acids is 1. The van der Waals surface area contributed by atoms with Gasteiger partial charge in [-0.1, -0.05) is 0 Å². The van der Waals surface area contributed by atoms with Crippen LogP contribution in [0.3, 0.4) is 0 Å². The van der Waals surface area contributed by atoms with Crippen LogP contribution in [0.5, 0.6) is 0 Å². The summed E-state index contributed by atoms with van der Waals surface area (Å²) in [4.78, 5) is 11.2. The van der Waals surface area contributed by atoms with Crippen LogP contribution in [0.25, 0.3) is 0 Å². The third kappa shape index (κ3) is 2.11. The van der Waals surface area contributed by atoms with E-state index in [0.29, 0.717) is 0 Å². The zero-order valence-corrected chi connectivity index (χ0v) is 7.56. The van der Waals surface area contributed by atoms with Gasteiger partial charge in [-0.2, -0.15) is 18.3 Å². The van der Waals surface area contributed by atoms with Crippen LogP contribution in [0.4, 0.5) is 18.9 Å². The Bertz CT molecular complexity index is 381. The predicted molar refractivity (Wildman–Crippen MR) is 44.9 cm³/mol. The van der Waals surface area contributed by atoms with Crippen molar-refractivity contribution < 1.29 is 18.0 Å². The summed E-state index contributed by atoms with van der Waals surface area (Å²) in [6.07, 6.45) is -2.08. The maximum Gasteiger partial charge on any atom is 0.434 e. The van der Waals surface area contributed by atoms with Gasteiger partial charge in [-0.15, -0.1) is 0 Å². The molecule has 1 fully saturated rings. The van der Waals surface area contributed by atoms with Crippen molar-refractivity contribution in [2.75, 3.05) is 5.32 Å². The minimum absolute atomic E-state index is 0.138. The Balaban J connectivity index is 2.14. The van der Waals surface area contributed by atoms with Crippen LogP contribution in [0.1, 0.15) is 18.5 Å². The van der Waals surface area contributed by atoms with Gasteiger partial charge < -0.3 is 5.32 Å². The Kier molecular flexibility index (Phi) is 2.17. The summed E-state index contributed by atoms with van der Waals surface area (Å²) in [5.41, 5.74) is -1.32. The highest BCUT2D eigenvalue weighted by atomic mass is 19.4. The number of amides is 1. The van der Waals surface area contributed by atoms with Crippen molar-refractivity contribution in [3.63, 3.8) is 0 Å². The molecule has 0 aromatic carbocycles. The van der Waals surface area contributed by atoms with Gasteiger partial charge in [0.05, 0.1) is 11.9 Å². The van der Waals surface area contributed by atoms with Crippen molar-refractivity contribution in [1.29, 1.82) is 0 Å². The van der Waals surface area contributed by atoms with Gasteiger partial charge in [0.15, 0.2) is 5.69 Å². The SMILES string of the molecule is O=C(Nc1cn[nH]c1C(F)(F)F)C1CC1. The number of hydrogen-bond acceptors (Lipinski definition) is 2. The minimum atomic E-state index is -4.53. The number of anilines is 1. The van der Waals surface area contributed by atoms with E-state index in [1.807, 2.05) is 5.10 Å². The molecule has 0 spiro atoms. The molecule has 2 N–H and O–H groups in total. The lowest BCUT2D eigenvalue weighted by atomic mass is 10.3. The van der Waals surface area contributed by atoms with E-state index >= 15 is 0 Å². The molecule has 1 saturated carbocycles. The average Bonchev–Trinajstić information content (AvgIpc) is 2.85. The van der Waals surface area contributed by atoms with Gasteiger partial charge in [0.2, 0.25) is 5.91 Å². The summed E-state index contributed by atoms with van der Waals surface area (Å²) in [6, 6.07) is 0. The molecule has 7 heteroatoms. The number of aromatic amines is 1. The number of alkyl halides is 3. The van der Waals surface area contributed by atoms with Crippen LogP contribution in [0, 0.1) is 5.92 Å². The van der Waals surface area contributed by atoms with E-state index in [9.17, 15) is 18.0 Å². The molecule has 0 aliphatic heterocycles. The summed E-state index contributed by atoms with van der Waals surface area (Å²) >= 11 is 0. The van der Waals surface area contributed by atoms with E-state index < -0.39 is 11.9 Å². The molecule has 1 aliphatic rings. The molecule has 1 aromatic heterocycles. The number of hydrogen-bond donors (Lipinski definition) is 2. The topological polar surface area (TPSA) is 57.8 Å². The zero-order chi connectivity index (χ0) is 11.1. The number of nitrogens with zero attached hydrogens (tertiary/aromatic N) is 1. The molecule has 0 bridgehead atoms. The first-order valence-corrected chi connectivity index (χ1v) is 4.40. The Morgan fingerprint density at radius 3 is 2.73 bits per heavy atom. The number of aromatic nitrogens is 2. The number of H-pyrrole nitrogens is 1. The van der Waals surface area contributed by atoms with Crippen molar-refractivity contribution in [2.24, 2.45) is 5.92 Å². The molecule has 4 nitrogen and oxygen atoms in total. The van der Waals surface area contributed by atoms with Crippen LogP contribution in [-0.4, -0.2) is 16.1 Å². The number of nitrogens with one attached hydrogen (secondary N) is 2. The first-order valence-electron chi connectivity index (χ1n) is 4.40. The molecule has 0 unspecified atom stereocenters. The van der Waals surface area contributed by atoms with Gasteiger partial charge in [0.25, 0.3) is 0 Å². The Hall–Kier alpha value is -1.53. The fourth-order valence-corrected chi connectivity index (χ4v) is 1.18. The van der Waals surface area contributed by atoms with Gasteiger partial charge in [-0.3, -0.25) is 9.89 Å². The maximum absolute atomic E-state index is 12.3. The van der Waals surface area contributed by atoms with Gasteiger partial charge in [-0.05, 0) is 12.8 Å². The number of carbonyl (C=O) groups is 1. The lowest BCUT2D eigenvalue weighted by Gasteiger charge is -2.07. The first kappa shape index (κ1) is 10.0. The maximum atomic E-state index is 12.3. The largest absolute Gasteiger partial charge is 0.434 e. The molecule has 0 atom stereocenters. The van der Waals surface area contributed by atoms with E-state index in [0.717, 1.165) is 19.0 Å². The monoisotopic (exact) mass is 219 g/mol. The molecule has 1 amide bonds. The standard InChI is InChI=1S/C8H8F3N3O/c9-8(10,11)6-5(3-12-14-6)13-7(15)4-1-2-4/h3-4H,1-2H2,(H,12,14)(H,13,15). The van der Waals surface area contributed by atoms with Gasteiger partial charge >= 0.3 is 6.18 Å². The third-order valence-electron chi connectivity index (χ3n) is 2.13. The van der Waals surface area contributed by atoms with Gasteiger partial charge in [-0.25, -0.2) is 0 Å². The third-order valence-corrected chi connectivity index (χ3v) is 2.13. The van der Waals surface area contributed by atoms with Crippen molar-refractivity contribution in [3.8, 4) is 0 Å². The Morgan fingerprint density at radius 2 is 2.20 bits per heavy atom. The van der Waals surface area contributed by atoms with Gasteiger partial charge in [0, 0.05) is 5.92 Å². The highest BCUT2D eigenvalue weighted by Crippen LogP contribution is 2.35. The smallest absolute Gasteiger partial charge is 0.323 e. The second-order valence-corrected chi connectivity index (χ2v) is 3.42. The van der Waals surface area contributed by atoms with E-state index in [-0.39, 0.29) is 17.5 Å². The molecular formula is C8H8F3N3O. The highest BCUT2D eigenvalue weighted by Gasteiger charge is 2.37. The van der Waals surface area contributed by atoms with Crippen LogP contribution in [0.2, 0.25) is 0 Å². The molecule has 1 aromatic rings.